The van der Waals surface area contributed by atoms with Gasteiger partial charge in [-0.25, -0.2) is 4.68 Å². The van der Waals surface area contributed by atoms with Gasteiger partial charge in [0.1, 0.15) is 6.23 Å². The van der Waals surface area contributed by atoms with Gasteiger partial charge in [-0.2, -0.15) is 5.10 Å². The summed E-state index contributed by atoms with van der Waals surface area (Å²) in [7, 11) is 0. The Hall–Kier alpha value is -1.00. The van der Waals surface area contributed by atoms with Crippen molar-refractivity contribution in [2.45, 2.75) is 63.7 Å². The Morgan fingerprint density at radius 2 is 1.96 bits per heavy atom. The summed E-state index contributed by atoms with van der Waals surface area (Å²) in [6.45, 7) is 2.94. The Balaban J connectivity index is 0.00000182. The zero-order chi connectivity index (χ0) is 16.5. The van der Waals surface area contributed by atoms with Crippen molar-refractivity contribution < 1.29 is 29.9 Å². The summed E-state index contributed by atoms with van der Waals surface area (Å²) in [5, 5.41) is 15.9. The molecule has 0 amide bonds. The van der Waals surface area contributed by atoms with Crippen LogP contribution >= 0.6 is 0 Å². The number of aliphatic hydroxyl groups excluding tert-OH is 1. The third-order valence-corrected chi connectivity index (χ3v) is 5.51. The minimum absolute atomic E-state index is 0. The van der Waals surface area contributed by atoms with Crippen molar-refractivity contribution in [3.63, 3.8) is 0 Å². The van der Waals surface area contributed by atoms with Crippen LogP contribution in [0.5, 0.6) is 0 Å². The van der Waals surface area contributed by atoms with E-state index in [4.69, 9.17) is 9.84 Å². The molecule has 0 bridgehead atoms. The number of rotatable bonds is 2. The van der Waals surface area contributed by atoms with Crippen LogP contribution < -0.4 is 0 Å². The molecule has 1 N–H and O–H groups in total. The van der Waals surface area contributed by atoms with Crippen LogP contribution in [0.3, 0.4) is 0 Å². The molecule has 1 aliphatic heterocycles. The minimum Gasteiger partial charge on any atom is -0.388 e. The SMILES string of the molecule is Cc1ccccc1C1CCCc2nn(C3CCCCO3)cc2C1O.[Ir]. The van der Waals surface area contributed by atoms with Crippen LogP contribution in [-0.4, -0.2) is 21.5 Å². The molecule has 1 aromatic carbocycles. The fourth-order valence-electron chi connectivity index (χ4n) is 4.16. The standard InChI is InChI=1S/C20H26N2O2.Ir/c1-14-7-2-3-8-15(14)16-9-6-10-18-17(20(16)23)13-22(21-18)19-11-4-5-12-24-19;/h2-3,7-8,13,16,19-20,23H,4-6,9-12H2,1H3;. The van der Waals surface area contributed by atoms with Gasteiger partial charge in [0.2, 0.25) is 0 Å². The summed E-state index contributed by atoms with van der Waals surface area (Å²) in [6.07, 6.45) is 7.92. The molecule has 25 heavy (non-hydrogen) atoms. The van der Waals surface area contributed by atoms with Crippen molar-refractivity contribution in [1.82, 2.24) is 9.78 Å². The third-order valence-electron chi connectivity index (χ3n) is 5.51. The molecule has 1 fully saturated rings. The molecule has 2 aliphatic rings. The number of nitrogens with zero attached hydrogens (tertiary/aromatic N) is 2. The van der Waals surface area contributed by atoms with Gasteiger partial charge in [0.25, 0.3) is 0 Å². The fourth-order valence-corrected chi connectivity index (χ4v) is 4.16. The molecule has 4 nitrogen and oxygen atoms in total. The summed E-state index contributed by atoms with van der Waals surface area (Å²) < 4.78 is 7.81. The molecule has 1 aromatic heterocycles. The first kappa shape index (κ1) is 18.8. The molecule has 1 radical (unpaired) electrons. The van der Waals surface area contributed by atoms with Gasteiger partial charge < -0.3 is 9.84 Å². The normalized spacial score (nSPS) is 26.4. The van der Waals surface area contributed by atoms with Gasteiger partial charge in [0, 0.05) is 44.4 Å². The van der Waals surface area contributed by atoms with Crippen molar-refractivity contribution in [2.24, 2.45) is 0 Å². The zero-order valence-corrected chi connectivity index (χ0v) is 17.0. The van der Waals surface area contributed by atoms with Gasteiger partial charge >= 0.3 is 0 Å². The predicted octanol–water partition coefficient (Wildman–Crippen LogP) is 4.04. The van der Waals surface area contributed by atoms with E-state index in [9.17, 15) is 5.11 Å². The quantitative estimate of drug-likeness (QED) is 0.611. The number of aromatic nitrogens is 2. The zero-order valence-electron chi connectivity index (χ0n) is 14.7. The summed E-state index contributed by atoms with van der Waals surface area (Å²) in [5.74, 6) is 0.150. The minimum atomic E-state index is -0.485. The molecule has 1 saturated heterocycles. The van der Waals surface area contributed by atoms with Crippen molar-refractivity contribution in [3.05, 3.63) is 52.8 Å². The van der Waals surface area contributed by atoms with Crippen molar-refractivity contribution in [1.29, 1.82) is 0 Å². The van der Waals surface area contributed by atoms with Crippen LogP contribution in [-0.2, 0) is 31.3 Å². The van der Waals surface area contributed by atoms with E-state index in [-0.39, 0.29) is 32.3 Å². The van der Waals surface area contributed by atoms with Crippen molar-refractivity contribution >= 4 is 0 Å². The molecule has 1 aliphatic carbocycles. The third kappa shape index (κ3) is 3.75. The molecular weight excluding hydrogens is 492 g/mol. The Morgan fingerprint density at radius 1 is 1.12 bits per heavy atom. The average Bonchev–Trinajstić information content (AvgIpc) is 2.98. The molecule has 0 saturated carbocycles. The van der Waals surface area contributed by atoms with Crippen LogP contribution in [0.2, 0.25) is 0 Å². The first-order valence-corrected chi connectivity index (χ1v) is 9.17. The monoisotopic (exact) mass is 519 g/mol. The van der Waals surface area contributed by atoms with Gasteiger partial charge in [-0.15, -0.1) is 0 Å². The fraction of sp³-hybridized carbons (Fsp3) is 0.550. The first-order chi connectivity index (χ1) is 11.7. The van der Waals surface area contributed by atoms with E-state index in [2.05, 4.69) is 31.2 Å². The number of ether oxygens (including phenoxy) is 1. The second-order valence-corrected chi connectivity index (χ2v) is 7.13. The molecule has 5 heteroatoms. The summed E-state index contributed by atoms with van der Waals surface area (Å²) >= 11 is 0. The molecule has 4 rings (SSSR count). The van der Waals surface area contributed by atoms with E-state index in [1.807, 2.05) is 10.9 Å². The first-order valence-electron chi connectivity index (χ1n) is 9.17. The van der Waals surface area contributed by atoms with Crippen LogP contribution in [0.25, 0.3) is 0 Å². The number of benzene rings is 1. The van der Waals surface area contributed by atoms with E-state index in [1.165, 1.54) is 17.5 Å². The molecular formula is C20H26IrN2O2. The maximum absolute atomic E-state index is 11.1. The average molecular weight is 519 g/mol. The summed E-state index contributed by atoms with van der Waals surface area (Å²) in [6, 6.07) is 8.42. The number of aryl methyl sites for hydroxylation is 2. The maximum atomic E-state index is 11.1. The topological polar surface area (TPSA) is 47.3 Å². The van der Waals surface area contributed by atoms with Gasteiger partial charge in [0.15, 0.2) is 0 Å². The Labute approximate surface area is 162 Å². The largest absolute Gasteiger partial charge is 0.388 e. The second-order valence-electron chi connectivity index (χ2n) is 7.13. The van der Waals surface area contributed by atoms with Gasteiger partial charge in [0.05, 0.1) is 11.8 Å². The van der Waals surface area contributed by atoms with Crippen LogP contribution in [0, 0.1) is 6.92 Å². The van der Waals surface area contributed by atoms with Gasteiger partial charge in [-0.1, -0.05) is 24.3 Å². The number of fused-ring (bicyclic) bond motifs is 1. The summed E-state index contributed by atoms with van der Waals surface area (Å²) in [4.78, 5) is 0. The Kier molecular flexibility index (Phi) is 6.11. The van der Waals surface area contributed by atoms with E-state index >= 15 is 0 Å². The molecule has 2 heterocycles. The molecule has 137 valence electrons. The summed E-state index contributed by atoms with van der Waals surface area (Å²) in [5.41, 5.74) is 4.57. The molecule has 3 unspecified atom stereocenters. The number of hydrogen-bond donors (Lipinski definition) is 1. The Bertz CT molecular complexity index is 709. The maximum Gasteiger partial charge on any atom is 0.150 e. The van der Waals surface area contributed by atoms with Gasteiger partial charge in [-0.05, 0) is 56.6 Å². The van der Waals surface area contributed by atoms with Crippen LogP contribution in [0.1, 0.15) is 72.7 Å². The van der Waals surface area contributed by atoms with Crippen LogP contribution in [0.15, 0.2) is 30.5 Å². The second kappa shape index (κ2) is 8.13. The van der Waals surface area contributed by atoms with E-state index in [0.29, 0.717) is 0 Å². The van der Waals surface area contributed by atoms with E-state index < -0.39 is 6.10 Å². The van der Waals surface area contributed by atoms with Crippen molar-refractivity contribution in [2.75, 3.05) is 6.61 Å². The van der Waals surface area contributed by atoms with E-state index in [0.717, 1.165) is 50.0 Å². The van der Waals surface area contributed by atoms with E-state index in [1.54, 1.807) is 0 Å². The van der Waals surface area contributed by atoms with Crippen LogP contribution in [0.4, 0.5) is 0 Å². The molecule has 2 aromatic rings. The number of hydrogen-bond acceptors (Lipinski definition) is 3. The Morgan fingerprint density at radius 3 is 2.72 bits per heavy atom. The predicted molar refractivity (Wildman–Crippen MR) is 92.9 cm³/mol. The molecule has 3 atom stereocenters. The van der Waals surface area contributed by atoms with Crippen molar-refractivity contribution in [3.8, 4) is 0 Å². The smallest absolute Gasteiger partial charge is 0.150 e. The number of aliphatic hydroxyl groups is 1. The van der Waals surface area contributed by atoms with Gasteiger partial charge in [-0.3, -0.25) is 0 Å². The molecule has 0 spiro atoms.